The van der Waals surface area contributed by atoms with Gasteiger partial charge >= 0.3 is 0 Å². The van der Waals surface area contributed by atoms with Crippen molar-refractivity contribution in [2.24, 2.45) is 0 Å². The van der Waals surface area contributed by atoms with E-state index in [1.54, 1.807) is 31.2 Å². The fourth-order valence-corrected chi connectivity index (χ4v) is 3.23. The first-order chi connectivity index (χ1) is 13.2. The summed E-state index contributed by atoms with van der Waals surface area (Å²) in [5.74, 6) is 1.63. The lowest BCUT2D eigenvalue weighted by Crippen LogP contribution is -2.13. The fraction of sp³-hybridized carbons (Fsp3) is 0.286. The Balaban J connectivity index is 1.42. The number of hydrogen-bond acceptors (Lipinski definition) is 5. The summed E-state index contributed by atoms with van der Waals surface area (Å²) in [6.07, 6.45) is 4.93. The van der Waals surface area contributed by atoms with Crippen molar-refractivity contribution in [3.63, 3.8) is 0 Å². The highest BCUT2D eigenvalue weighted by atomic mass is 16.5. The topological polar surface area (TPSA) is 77.2 Å². The van der Waals surface area contributed by atoms with Crippen LogP contribution in [0.5, 0.6) is 5.75 Å². The first-order valence-corrected chi connectivity index (χ1v) is 9.16. The van der Waals surface area contributed by atoms with E-state index in [9.17, 15) is 4.79 Å². The Morgan fingerprint density at radius 2 is 1.93 bits per heavy atom. The number of benzene rings is 2. The molecule has 0 aliphatic heterocycles. The molecule has 6 nitrogen and oxygen atoms in total. The third-order valence-electron chi connectivity index (χ3n) is 4.62. The van der Waals surface area contributed by atoms with Crippen molar-refractivity contribution in [2.75, 3.05) is 5.32 Å². The van der Waals surface area contributed by atoms with Crippen LogP contribution in [0.1, 0.15) is 41.9 Å². The summed E-state index contributed by atoms with van der Waals surface area (Å²) in [7, 11) is 0. The van der Waals surface area contributed by atoms with Gasteiger partial charge in [0.05, 0.1) is 6.10 Å². The Labute approximate surface area is 157 Å². The highest BCUT2D eigenvalue weighted by molar-refractivity contribution is 6.04. The normalized spacial score (nSPS) is 14.3. The Hall–Kier alpha value is -3.15. The summed E-state index contributed by atoms with van der Waals surface area (Å²) in [5, 5.41) is 6.69. The zero-order valence-electron chi connectivity index (χ0n) is 15.1. The largest absolute Gasteiger partial charge is 0.490 e. The molecule has 0 saturated heterocycles. The van der Waals surface area contributed by atoms with E-state index in [0.29, 0.717) is 23.0 Å². The molecule has 1 aromatic heterocycles. The van der Waals surface area contributed by atoms with E-state index in [4.69, 9.17) is 9.26 Å². The van der Waals surface area contributed by atoms with Gasteiger partial charge in [0, 0.05) is 22.9 Å². The van der Waals surface area contributed by atoms with Gasteiger partial charge < -0.3 is 14.6 Å². The van der Waals surface area contributed by atoms with Gasteiger partial charge in [-0.15, -0.1) is 0 Å². The molecule has 1 heterocycles. The van der Waals surface area contributed by atoms with Gasteiger partial charge in [0.2, 0.25) is 0 Å². The molecule has 2 aromatic carbocycles. The number of ether oxygens (including phenoxy) is 1. The third-order valence-corrected chi connectivity index (χ3v) is 4.62. The highest BCUT2D eigenvalue weighted by Crippen LogP contribution is 2.26. The maximum Gasteiger partial charge on any atom is 0.257 e. The van der Waals surface area contributed by atoms with Crippen LogP contribution in [0.2, 0.25) is 0 Å². The Kier molecular flexibility index (Phi) is 4.87. The fourth-order valence-electron chi connectivity index (χ4n) is 3.23. The van der Waals surface area contributed by atoms with E-state index >= 15 is 0 Å². The molecule has 27 heavy (non-hydrogen) atoms. The predicted octanol–water partition coefficient (Wildman–Crippen LogP) is 4.62. The second kappa shape index (κ2) is 7.61. The molecule has 138 valence electrons. The molecule has 0 radical (unpaired) electrons. The zero-order chi connectivity index (χ0) is 18.6. The second-order valence-corrected chi connectivity index (χ2v) is 6.73. The Morgan fingerprint density at radius 3 is 2.63 bits per heavy atom. The van der Waals surface area contributed by atoms with Gasteiger partial charge in [0.15, 0.2) is 5.82 Å². The molecule has 1 amide bonds. The van der Waals surface area contributed by atoms with Gasteiger partial charge in [0.1, 0.15) is 5.75 Å². The van der Waals surface area contributed by atoms with E-state index in [-0.39, 0.29) is 12.0 Å². The standard InChI is InChI=1S/C21H21N3O3/c1-14-22-21(27-24-14)16-11-9-15(10-12-16)20(25)23-17-5-4-8-19(13-17)26-18-6-2-3-7-18/h4-5,8-13,18H,2-3,6-7H2,1H3,(H,23,25). The van der Waals surface area contributed by atoms with Crippen LogP contribution in [-0.4, -0.2) is 22.2 Å². The van der Waals surface area contributed by atoms with Crippen molar-refractivity contribution >= 4 is 11.6 Å². The zero-order valence-corrected chi connectivity index (χ0v) is 15.1. The summed E-state index contributed by atoms with van der Waals surface area (Å²) in [6, 6.07) is 14.6. The van der Waals surface area contributed by atoms with Crippen molar-refractivity contribution in [1.29, 1.82) is 0 Å². The Morgan fingerprint density at radius 1 is 1.15 bits per heavy atom. The number of carbonyl (C=O) groups excluding carboxylic acids is 1. The number of anilines is 1. The van der Waals surface area contributed by atoms with Crippen LogP contribution < -0.4 is 10.1 Å². The van der Waals surface area contributed by atoms with Crippen molar-refractivity contribution in [1.82, 2.24) is 10.1 Å². The van der Waals surface area contributed by atoms with Gasteiger partial charge in [-0.05, 0) is 69.0 Å². The molecule has 1 aliphatic carbocycles. The van der Waals surface area contributed by atoms with E-state index in [1.807, 2.05) is 24.3 Å². The van der Waals surface area contributed by atoms with Crippen molar-refractivity contribution < 1.29 is 14.1 Å². The summed E-state index contributed by atoms with van der Waals surface area (Å²) in [5.41, 5.74) is 2.04. The lowest BCUT2D eigenvalue weighted by atomic mass is 10.1. The van der Waals surface area contributed by atoms with E-state index < -0.39 is 0 Å². The molecule has 1 fully saturated rings. The van der Waals surface area contributed by atoms with Crippen molar-refractivity contribution in [2.45, 2.75) is 38.7 Å². The summed E-state index contributed by atoms with van der Waals surface area (Å²) in [4.78, 5) is 16.7. The molecular weight excluding hydrogens is 342 g/mol. The van der Waals surface area contributed by atoms with Crippen LogP contribution in [0, 0.1) is 6.92 Å². The lowest BCUT2D eigenvalue weighted by molar-refractivity contribution is 0.102. The maximum atomic E-state index is 12.5. The van der Waals surface area contributed by atoms with Crippen LogP contribution in [0.15, 0.2) is 53.1 Å². The quantitative estimate of drug-likeness (QED) is 0.716. The van der Waals surface area contributed by atoms with Crippen LogP contribution in [-0.2, 0) is 0 Å². The number of nitrogens with one attached hydrogen (secondary N) is 1. The number of aromatic nitrogens is 2. The number of hydrogen-bond donors (Lipinski definition) is 1. The van der Waals surface area contributed by atoms with Crippen LogP contribution in [0.3, 0.4) is 0 Å². The van der Waals surface area contributed by atoms with Gasteiger partial charge in [-0.1, -0.05) is 11.2 Å². The molecule has 0 atom stereocenters. The SMILES string of the molecule is Cc1noc(-c2ccc(C(=O)Nc3cccc(OC4CCCC4)c3)cc2)n1. The van der Waals surface area contributed by atoms with Crippen LogP contribution in [0.4, 0.5) is 5.69 Å². The molecule has 1 saturated carbocycles. The number of amides is 1. The first-order valence-electron chi connectivity index (χ1n) is 9.16. The van der Waals surface area contributed by atoms with E-state index in [0.717, 1.165) is 24.2 Å². The minimum Gasteiger partial charge on any atom is -0.490 e. The summed E-state index contributed by atoms with van der Waals surface area (Å²) < 4.78 is 11.1. The van der Waals surface area contributed by atoms with Gasteiger partial charge in [-0.3, -0.25) is 4.79 Å². The molecule has 4 rings (SSSR count). The monoisotopic (exact) mass is 363 g/mol. The van der Waals surface area contributed by atoms with E-state index in [2.05, 4.69) is 15.5 Å². The van der Waals surface area contributed by atoms with Crippen LogP contribution >= 0.6 is 0 Å². The summed E-state index contributed by atoms with van der Waals surface area (Å²) in [6.45, 7) is 1.76. The van der Waals surface area contributed by atoms with Gasteiger partial charge in [-0.25, -0.2) is 0 Å². The molecule has 6 heteroatoms. The minimum absolute atomic E-state index is 0.179. The molecule has 1 aliphatic rings. The highest BCUT2D eigenvalue weighted by Gasteiger charge is 2.16. The summed E-state index contributed by atoms with van der Waals surface area (Å²) >= 11 is 0. The average Bonchev–Trinajstić information content (AvgIpc) is 3.34. The minimum atomic E-state index is -0.179. The smallest absolute Gasteiger partial charge is 0.257 e. The molecular formula is C21H21N3O3. The first kappa shape index (κ1) is 17.3. The number of aryl methyl sites for hydroxylation is 1. The number of rotatable bonds is 5. The predicted molar refractivity (Wildman–Crippen MR) is 102 cm³/mol. The Bertz CT molecular complexity index is 928. The van der Waals surface area contributed by atoms with Crippen molar-refractivity contribution in [3.8, 4) is 17.2 Å². The number of nitrogens with zero attached hydrogens (tertiary/aromatic N) is 2. The van der Waals surface area contributed by atoms with E-state index in [1.165, 1.54) is 12.8 Å². The van der Waals surface area contributed by atoms with Crippen molar-refractivity contribution in [3.05, 3.63) is 59.9 Å². The third kappa shape index (κ3) is 4.16. The average molecular weight is 363 g/mol. The second-order valence-electron chi connectivity index (χ2n) is 6.73. The molecule has 0 bridgehead atoms. The van der Waals surface area contributed by atoms with Gasteiger partial charge in [0.25, 0.3) is 11.8 Å². The molecule has 0 spiro atoms. The number of carbonyl (C=O) groups is 1. The van der Waals surface area contributed by atoms with Crippen LogP contribution in [0.25, 0.3) is 11.5 Å². The molecule has 0 unspecified atom stereocenters. The lowest BCUT2D eigenvalue weighted by Gasteiger charge is -2.14. The van der Waals surface area contributed by atoms with Gasteiger partial charge in [-0.2, -0.15) is 4.98 Å². The molecule has 1 N–H and O–H groups in total. The molecule has 3 aromatic rings. The maximum absolute atomic E-state index is 12.5.